The summed E-state index contributed by atoms with van der Waals surface area (Å²) in [5.41, 5.74) is 1.84. The van der Waals surface area contributed by atoms with Crippen molar-refractivity contribution in [3.05, 3.63) is 20.7 Å². The van der Waals surface area contributed by atoms with Crippen molar-refractivity contribution in [1.29, 1.82) is 0 Å². The molecule has 0 radical (unpaired) electrons. The lowest BCUT2D eigenvalue weighted by Gasteiger charge is -2.00. The van der Waals surface area contributed by atoms with Crippen molar-refractivity contribution in [3.8, 4) is 0 Å². The van der Waals surface area contributed by atoms with Crippen LogP contribution in [0.2, 0.25) is 0 Å². The number of nitrogens with two attached hydrogens (primary N) is 1. The normalized spacial score (nSPS) is 14.5. The topological polar surface area (TPSA) is 99.0 Å². The molecule has 0 unspecified atom stereocenters. The second-order valence-electron chi connectivity index (χ2n) is 3.67. The highest BCUT2D eigenvalue weighted by atomic mass is 35.5. The summed E-state index contributed by atoms with van der Waals surface area (Å²) in [5.74, 6) is 5.22. The smallest absolute Gasteiger partial charge is 0.268 e. The Bertz CT molecular complexity index is 609. The van der Waals surface area contributed by atoms with Crippen LogP contribution in [0.25, 0.3) is 10.7 Å². The average Bonchev–Trinajstić information content (AvgIpc) is 2.65. The van der Waals surface area contributed by atoms with Crippen molar-refractivity contribution < 1.29 is 13.7 Å². The first-order valence-corrected chi connectivity index (χ1v) is 5.50. The number of hydrogen-bond donors (Lipinski definition) is 2. The van der Waals surface area contributed by atoms with E-state index in [4.69, 9.17) is 17.4 Å². The average molecular weight is 296 g/mol. The van der Waals surface area contributed by atoms with Crippen LogP contribution < -0.4 is 21.8 Å². The molecule has 1 heterocycles. The summed E-state index contributed by atoms with van der Waals surface area (Å²) in [6, 6.07) is 0. The van der Waals surface area contributed by atoms with Gasteiger partial charge in [-0.15, -0.1) is 0 Å². The van der Waals surface area contributed by atoms with Gasteiger partial charge in [0, 0.05) is 12.0 Å². The van der Waals surface area contributed by atoms with E-state index in [1.54, 1.807) is 0 Å². The first-order valence-electron chi connectivity index (χ1n) is 5.12. The van der Waals surface area contributed by atoms with Crippen LogP contribution in [0, 0.1) is 10.1 Å². The molecule has 0 bridgehead atoms. The molecule has 0 spiro atoms. The van der Waals surface area contributed by atoms with Gasteiger partial charge in [-0.25, -0.2) is 14.6 Å². The van der Waals surface area contributed by atoms with Gasteiger partial charge in [-0.2, -0.15) is 5.10 Å². The Kier molecular flexibility index (Phi) is 4.78. The molecule has 19 heavy (non-hydrogen) atoms. The van der Waals surface area contributed by atoms with E-state index in [0.717, 1.165) is 4.68 Å². The molecule has 0 saturated heterocycles. The fourth-order valence-corrected chi connectivity index (χ4v) is 1.79. The van der Waals surface area contributed by atoms with Crippen LogP contribution in [0.15, 0.2) is 0 Å². The highest BCUT2D eigenvalue weighted by Crippen LogP contribution is 2.03. The van der Waals surface area contributed by atoms with E-state index in [1.807, 2.05) is 0 Å². The number of anilines is 1. The van der Waals surface area contributed by atoms with Gasteiger partial charge in [0.2, 0.25) is 0 Å². The molecule has 0 aliphatic heterocycles. The number of aromatic nitrogens is 2. The predicted molar refractivity (Wildman–Crippen MR) is 66.3 cm³/mol. The maximum atomic E-state index is 12.5. The van der Waals surface area contributed by atoms with Gasteiger partial charge in [0.05, 0.1) is 10.1 Å². The van der Waals surface area contributed by atoms with E-state index in [1.165, 1.54) is 13.8 Å². The second-order valence-corrected chi connectivity index (χ2v) is 4.23. The van der Waals surface area contributed by atoms with Crippen LogP contribution >= 0.6 is 11.6 Å². The maximum Gasteiger partial charge on any atom is 0.268 e. The Morgan fingerprint density at radius 1 is 1.63 bits per heavy atom. The lowest BCUT2D eigenvalue weighted by Crippen LogP contribution is -2.36. The van der Waals surface area contributed by atoms with E-state index in [2.05, 4.69) is 10.5 Å². The van der Waals surface area contributed by atoms with Gasteiger partial charge in [0.1, 0.15) is 11.9 Å². The highest BCUT2D eigenvalue weighted by molar-refractivity contribution is 6.44. The third kappa shape index (κ3) is 3.18. The van der Waals surface area contributed by atoms with Gasteiger partial charge in [0.25, 0.3) is 12.1 Å². The summed E-state index contributed by atoms with van der Waals surface area (Å²) < 4.78 is 25.8. The van der Waals surface area contributed by atoms with Crippen molar-refractivity contribution in [2.45, 2.75) is 26.8 Å². The molecule has 10 heteroatoms. The molecule has 0 atom stereocenters. The van der Waals surface area contributed by atoms with Gasteiger partial charge in [-0.1, -0.05) is 11.6 Å². The molecule has 1 rings (SSSR count). The number of nitrogens with zero attached hydrogens (tertiary/aromatic N) is 3. The zero-order valence-corrected chi connectivity index (χ0v) is 10.9. The van der Waals surface area contributed by atoms with E-state index in [-0.39, 0.29) is 27.1 Å². The molecule has 106 valence electrons. The van der Waals surface area contributed by atoms with Crippen molar-refractivity contribution >= 4 is 28.1 Å². The van der Waals surface area contributed by atoms with Crippen molar-refractivity contribution in [2.75, 3.05) is 5.43 Å². The number of hydrogen-bond acceptors (Lipinski definition) is 5. The Morgan fingerprint density at radius 3 is 2.58 bits per heavy atom. The van der Waals surface area contributed by atoms with Gasteiger partial charge in [0.15, 0.2) is 5.82 Å². The van der Waals surface area contributed by atoms with E-state index in [9.17, 15) is 18.9 Å². The molecule has 1 aromatic heterocycles. The number of nitrogens with one attached hydrogen (secondary N) is 1. The summed E-state index contributed by atoms with van der Waals surface area (Å²) in [7, 11) is 0. The van der Waals surface area contributed by atoms with Gasteiger partial charge >= 0.3 is 0 Å². The minimum absolute atomic E-state index is 0.00403. The molecular weight excluding hydrogens is 284 g/mol. The van der Waals surface area contributed by atoms with Crippen LogP contribution in [-0.4, -0.2) is 21.1 Å². The Morgan fingerprint density at radius 2 is 2.21 bits per heavy atom. The summed E-state index contributed by atoms with van der Waals surface area (Å²) in [6.45, 7) is 1.85. The first kappa shape index (κ1) is 15.3. The number of halogens is 3. The van der Waals surface area contributed by atoms with Crippen molar-refractivity contribution in [3.63, 3.8) is 0 Å². The molecule has 3 N–H and O–H groups in total. The highest BCUT2D eigenvalue weighted by Gasteiger charge is 2.18. The molecule has 0 aliphatic carbocycles. The van der Waals surface area contributed by atoms with Crippen LogP contribution in [0.1, 0.15) is 13.8 Å². The molecule has 0 aromatic carbocycles. The molecule has 7 nitrogen and oxygen atoms in total. The number of nitrogen functional groups attached to an aromatic ring is 1. The minimum Gasteiger partial charge on any atom is -0.306 e. The SMILES string of the molecule is C/C(Cl)=c1/c(NN)nn(CC(F)F)/c1=C(/C)[N+](=O)[O-]. The first-order chi connectivity index (χ1) is 8.79. The molecule has 0 saturated carbocycles. The van der Waals surface area contributed by atoms with Gasteiger partial charge in [-0.3, -0.25) is 14.8 Å². The van der Waals surface area contributed by atoms with Gasteiger partial charge < -0.3 is 5.43 Å². The third-order valence-corrected chi connectivity index (χ3v) is 2.55. The van der Waals surface area contributed by atoms with E-state index in [0.29, 0.717) is 0 Å². The summed E-state index contributed by atoms with van der Waals surface area (Å²) in [4.78, 5) is 10.2. The van der Waals surface area contributed by atoms with E-state index >= 15 is 0 Å². The summed E-state index contributed by atoms with van der Waals surface area (Å²) in [5, 5.41) is 14.8. The Labute approximate surface area is 111 Å². The fraction of sp³-hybridized carbons (Fsp3) is 0.444. The van der Waals surface area contributed by atoms with Crippen molar-refractivity contribution in [1.82, 2.24) is 9.78 Å². The fourth-order valence-electron chi connectivity index (χ4n) is 1.61. The third-order valence-electron chi connectivity index (χ3n) is 2.36. The van der Waals surface area contributed by atoms with Crippen LogP contribution in [0.4, 0.5) is 14.6 Å². The largest absolute Gasteiger partial charge is 0.306 e. The molecule has 1 aromatic rings. The number of nitro groups is 1. The monoisotopic (exact) mass is 295 g/mol. The van der Waals surface area contributed by atoms with Crippen LogP contribution in [-0.2, 0) is 6.54 Å². The second kappa shape index (κ2) is 5.93. The predicted octanol–water partition coefficient (Wildman–Crippen LogP) is 0.206. The standard InChI is InChI=1S/C9H12ClF2N5O2/c1-4(10)7-8(5(2)17(18)19)16(3-6(11)12)15-9(7)14-13/h6H,3,13H2,1-2H3,(H,14,15)/b7-4-,8-5-. The molecule has 0 fully saturated rings. The maximum absolute atomic E-state index is 12.5. The summed E-state index contributed by atoms with van der Waals surface area (Å²) in [6.07, 6.45) is -2.72. The zero-order chi connectivity index (χ0) is 14.7. The van der Waals surface area contributed by atoms with Crippen molar-refractivity contribution in [2.24, 2.45) is 5.84 Å². The lowest BCUT2D eigenvalue weighted by molar-refractivity contribution is -0.379. The molecular formula is C9H12ClF2N5O2. The number of alkyl halides is 2. The zero-order valence-electron chi connectivity index (χ0n) is 10.2. The van der Waals surface area contributed by atoms with E-state index < -0.39 is 17.9 Å². The number of rotatable bonds is 4. The molecule has 0 amide bonds. The number of hydrazine groups is 1. The minimum atomic E-state index is -2.72. The quantitative estimate of drug-likeness (QED) is 0.470. The van der Waals surface area contributed by atoms with Crippen LogP contribution in [0.3, 0.4) is 0 Å². The van der Waals surface area contributed by atoms with Gasteiger partial charge in [-0.05, 0) is 6.92 Å². The lowest BCUT2D eigenvalue weighted by atomic mass is 10.3. The van der Waals surface area contributed by atoms with Crippen LogP contribution in [0.5, 0.6) is 0 Å². The summed E-state index contributed by atoms with van der Waals surface area (Å²) >= 11 is 5.84. The Balaban J connectivity index is 3.84. The molecule has 0 aliphatic rings. The Hall–Kier alpha value is -1.74.